The number of amides is 1. The number of carbonyl (C=O) groups is 1. The molecular weight excluding hydrogens is 374 g/mol. The van der Waals surface area contributed by atoms with E-state index in [0.717, 1.165) is 45.5 Å². The molecular formula is C20H19N5O2S. The van der Waals surface area contributed by atoms with E-state index >= 15 is 0 Å². The van der Waals surface area contributed by atoms with Crippen molar-refractivity contribution in [2.75, 3.05) is 13.2 Å². The lowest BCUT2D eigenvalue weighted by Gasteiger charge is -2.12. The molecule has 1 amide bonds. The molecule has 0 unspecified atom stereocenters. The molecule has 4 heterocycles. The summed E-state index contributed by atoms with van der Waals surface area (Å²) in [6.07, 6.45) is 3.15. The molecule has 0 bridgehead atoms. The Balaban J connectivity index is 1.50. The van der Waals surface area contributed by atoms with E-state index in [1.54, 1.807) is 17.7 Å². The van der Waals surface area contributed by atoms with Crippen LogP contribution in [0, 0.1) is 5.92 Å². The zero-order chi connectivity index (χ0) is 19.1. The standard InChI is InChI=1S/C20H19N5O2S/c1-25-10-22-15-8-14(13-3-2-4-16-18(13)23-11-28-16)24-20(19(15)25)27-6-5-12-7-17(26)21-9-12/h2-4,8,10-12H,5-7,9H2,1H3,(H,21,26)/t12-/m1/s1. The van der Waals surface area contributed by atoms with Crippen LogP contribution in [0.25, 0.3) is 32.5 Å². The minimum absolute atomic E-state index is 0.121. The monoisotopic (exact) mass is 393 g/mol. The predicted octanol–water partition coefficient (Wildman–Crippen LogP) is 3.15. The number of aryl methyl sites for hydroxylation is 1. The summed E-state index contributed by atoms with van der Waals surface area (Å²) in [6.45, 7) is 1.24. The molecule has 8 heteroatoms. The average molecular weight is 393 g/mol. The molecule has 7 nitrogen and oxygen atoms in total. The number of nitrogens with zero attached hydrogens (tertiary/aromatic N) is 4. The van der Waals surface area contributed by atoms with Crippen LogP contribution in [0.5, 0.6) is 5.88 Å². The number of benzene rings is 1. The maximum absolute atomic E-state index is 11.4. The van der Waals surface area contributed by atoms with Crippen molar-refractivity contribution < 1.29 is 9.53 Å². The highest BCUT2D eigenvalue weighted by molar-refractivity contribution is 7.16. The molecule has 1 saturated heterocycles. The second-order valence-electron chi connectivity index (χ2n) is 7.05. The Morgan fingerprint density at radius 3 is 3.14 bits per heavy atom. The number of para-hydroxylation sites is 1. The molecule has 0 radical (unpaired) electrons. The summed E-state index contributed by atoms with van der Waals surface area (Å²) in [7, 11) is 1.93. The number of aromatic nitrogens is 4. The van der Waals surface area contributed by atoms with Gasteiger partial charge in [-0.1, -0.05) is 12.1 Å². The Bertz CT molecular complexity index is 1180. The van der Waals surface area contributed by atoms with Gasteiger partial charge >= 0.3 is 0 Å². The van der Waals surface area contributed by atoms with Crippen LogP contribution in [0.2, 0.25) is 0 Å². The van der Waals surface area contributed by atoms with Gasteiger partial charge in [0.05, 0.1) is 39.9 Å². The zero-order valence-electron chi connectivity index (χ0n) is 15.4. The van der Waals surface area contributed by atoms with Crippen LogP contribution in [-0.4, -0.2) is 38.6 Å². The van der Waals surface area contributed by atoms with Crippen molar-refractivity contribution in [1.29, 1.82) is 0 Å². The van der Waals surface area contributed by atoms with Gasteiger partial charge in [-0.25, -0.2) is 15.0 Å². The van der Waals surface area contributed by atoms with Gasteiger partial charge in [-0.15, -0.1) is 11.3 Å². The Hall–Kier alpha value is -3.00. The van der Waals surface area contributed by atoms with E-state index < -0.39 is 0 Å². The number of thiazole rings is 1. The first kappa shape index (κ1) is 17.1. The second-order valence-corrected chi connectivity index (χ2v) is 7.94. The molecule has 1 aliphatic heterocycles. The minimum atomic E-state index is 0.121. The number of fused-ring (bicyclic) bond motifs is 2. The summed E-state index contributed by atoms with van der Waals surface area (Å²) in [6, 6.07) is 8.09. The first-order chi connectivity index (χ1) is 13.7. The van der Waals surface area contributed by atoms with Crippen LogP contribution in [-0.2, 0) is 11.8 Å². The van der Waals surface area contributed by atoms with Crippen LogP contribution in [0.4, 0.5) is 0 Å². The SMILES string of the molecule is Cn1cnc2cc(-c3cccc4scnc34)nc(OCC[C@H]3CNC(=O)C3)c21. The lowest BCUT2D eigenvalue weighted by molar-refractivity contribution is -0.119. The molecule has 5 rings (SSSR count). The predicted molar refractivity (Wildman–Crippen MR) is 108 cm³/mol. The molecule has 4 aromatic rings. The Labute approximate surface area is 165 Å². The van der Waals surface area contributed by atoms with Gasteiger partial charge in [0.2, 0.25) is 11.8 Å². The Morgan fingerprint density at radius 1 is 1.36 bits per heavy atom. The van der Waals surface area contributed by atoms with Crippen LogP contribution in [0.15, 0.2) is 36.1 Å². The number of ether oxygens (including phenoxy) is 1. The molecule has 0 spiro atoms. The number of hydrogen-bond acceptors (Lipinski definition) is 6. The van der Waals surface area contributed by atoms with Crippen molar-refractivity contribution in [2.45, 2.75) is 12.8 Å². The lowest BCUT2D eigenvalue weighted by atomic mass is 10.1. The molecule has 1 fully saturated rings. The fourth-order valence-electron chi connectivity index (χ4n) is 3.66. The fraction of sp³-hybridized carbons (Fsp3) is 0.300. The highest BCUT2D eigenvalue weighted by Crippen LogP contribution is 2.33. The smallest absolute Gasteiger partial charge is 0.240 e. The number of pyridine rings is 1. The molecule has 1 aliphatic rings. The summed E-state index contributed by atoms with van der Waals surface area (Å²) < 4.78 is 9.13. The summed E-state index contributed by atoms with van der Waals surface area (Å²) in [4.78, 5) is 25.2. The quantitative estimate of drug-likeness (QED) is 0.563. The normalized spacial score (nSPS) is 16.8. The third-order valence-electron chi connectivity index (χ3n) is 5.13. The summed E-state index contributed by atoms with van der Waals surface area (Å²) >= 11 is 1.61. The number of nitrogens with one attached hydrogen (secondary N) is 1. The van der Waals surface area contributed by atoms with Crippen molar-refractivity contribution in [2.24, 2.45) is 13.0 Å². The molecule has 3 aromatic heterocycles. The van der Waals surface area contributed by atoms with E-state index in [4.69, 9.17) is 9.72 Å². The average Bonchev–Trinajstić information content (AvgIpc) is 3.42. The minimum Gasteiger partial charge on any atom is -0.476 e. The summed E-state index contributed by atoms with van der Waals surface area (Å²) in [5, 5.41) is 2.87. The molecule has 0 aliphatic carbocycles. The number of rotatable bonds is 5. The van der Waals surface area contributed by atoms with Crippen LogP contribution in [0.3, 0.4) is 0 Å². The second kappa shape index (κ2) is 6.87. The van der Waals surface area contributed by atoms with Gasteiger partial charge in [0, 0.05) is 25.6 Å². The Morgan fingerprint density at radius 2 is 2.29 bits per heavy atom. The first-order valence-corrected chi connectivity index (χ1v) is 10.1. The van der Waals surface area contributed by atoms with Crippen molar-refractivity contribution in [1.82, 2.24) is 24.8 Å². The summed E-state index contributed by atoms with van der Waals surface area (Å²) in [5.41, 5.74) is 6.28. The third-order valence-corrected chi connectivity index (χ3v) is 5.92. The van der Waals surface area contributed by atoms with E-state index in [1.807, 2.05) is 35.3 Å². The fourth-order valence-corrected chi connectivity index (χ4v) is 4.36. The maximum atomic E-state index is 11.4. The van der Waals surface area contributed by atoms with E-state index in [0.29, 0.717) is 24.8 Å². The Kier molecular flexibility index (Phi) is 4.20. The van der Waals surface area contributed by atoms with Gasteiger partial charge < -0.3 is 14.6 Å². The maximum Gasteiger partial charge on any atom is 0.240 e. The highest BCUT2D eigenvalue weighted by Gasteiger charge is 2.22. The molecule has 0 saturated carbocycles. The molecule has 142 valence electrons. The number of hydrogen-bond donors (Lipinski definition) is 1. The van der Waals surface area contributed by atoms with Crippen LogP contribution < -0.4 is 10.1 Å². The van der Waals surface area contributed by atoms with Gasteiger partial charge in [0.1, 0.15) is 5.52 Å². The largest absolute Gasteiger partial charge is 0.476 e. The number of imidazole rings is 1. The van der Waals surface area contributed by atoms with Gasteiger partial charge in [-0.2, -0.15) is 0 Å². The first-order valence-electron chi connectivity index (χ1n) is 9.23. The molecule has 1 N–H and O–H groups in total. The van der Waals surface area contributed by atoms with E-state index in [2.05, 4.69) is 21.4 Å². The van der Waals surface area contributed by atoms with Gasteiger partial charge in [-0.05, 0) is 24.5 Å². The third kappa shape index (κ3) is 2.99. The van der Waals surface area contributed by atoms with E-state index in [1.165, 1.54) is 0 Å². The van der Waals surface area contributed by atoms with Gasteiger partial charge in [0.25, 0.3) is 0 Å². The number of carbonyl (C=O) groups excluding carboxylic acids is 1. The van der Waals surface area contributed by atoms with Crippen LogP contribution in [0.1, 0.15) is 12.8 Å². The van der Waals surface area contributed by atoms with Crippen molar-refractivity contribution in [3.63, 3.8) is 0 Å². The van der Waals surface area contributed by atoms with Gasteiger partial charge in [-0.3, -0.25) is 4.79 Å². The molecule has 1 aromatic carbocycles. The van der Waals surface area contributed by atoms with Crippen LogP contribution >= 0.6 is 11.3 Å². The van der Waals surface area contributed by atoms with E-state index in [9.17, 15) is 4.79 Å². The highest BCUT2D eigenvalue weighted by atomic mass is 32.1. The molecule has 28 heavy (non-hydrogen) atoms. The zero-order valence-corrected chi connectivity index (χ0v) is 16.2. The lowest BCUT2D eigenvalue weighted by Crippen LogP contribution is -2.14. The van der Waals surface area contributed by atoms with Crippen molar-refractivity contribution in [3.8, 4) is 17.1 Å². The summed E-state index contributed by atoms with van der Waals surface area (Å²) in [5.74, 6) is 1.01. The van der Waals surface area contributed by atoms with Crippen molar-refractivity contribution >= 4 is 38.5 Å². The molecule has 1 atom stereocenters. The topological polar surface area (TPSA) is 81.9 Å². The van der Waals surface area contributed by atoms with Gasteiger partial charge in [0.15, 0.2) is 0 Å². The van der Waals surface area contributed by atoms with E-state index in [-0.39, 0.29) is 5.91 Å². The van der Waals surface area contributed by atoms with Crippen molar-refractivity contribution in [3.05, 3.63) is 36.1 Å².